The molecule has 0 bridgehead atoms. The Morgan fingerprint density at radius 2 is 0.739 bits per heavy atom. The summed E-state index contributed by atoms with van der Waals surface area (Å²) in [6.45, 7) is 26.9. The number of aromatic nitrogens is 4. The maximum absolute atomic E-state index is 15.2. The normalized spacial score (nSPS) is 22.4. The predicted octanol–water partition coefficient (Wildman–Crippen LogP) is 9.16. The number of thioether (sulfide) groups is 2. The van der Waals surface area contributed by atoms with Crippen molar-refractivity contribution in [3.05, 3.63) is 95.6 Å². The summed E-state index contributed by atoms with van der Waals surface area (Å²) in [6, 6.07) is 9.68. The largest absolute Gasteiger partial charge is 0.451 e. The van der Waals surface area contributed by atoms with Crippen LogP contribution in [0.1, 0.15) is 145 Å². The fourth-order valence-electron chi connectivity index (χ4n) is 10.4. The van der Waals surface area contributed by atoms with Crippen LogP contribution in [0.3, 0.4) is 0 Å². The Bertz CT molecular complexity index is 2980. The van der Waals surface area contributed by atoms with Gasteiger partial charge >= 0.3 is 23.9 Å². The molecule has 1 fully saturated rings. The molecule has 0 aliphatic carbocycles. The van der Waals surface area contributed by atoms with Crippen LogP contribution < -0.4 is 0 Å². The molecular formula is C66H96N8O12S2. The van der Waals surface area contributed by atoms with E-state index >= 15 is 9.59 Å². The molecule has 0 radical (unpaired) electrons. The highest BCUT2D eigenvalue weighted by Crippen LogP contribution is 2.27. The first-order chi connectivity index (χ1) is 41.3. The van der Waals surface area contributed by atoms with Crippen molar-refractivity contribution in [2.24, 2.45) is 23.7 Å². The summed E-state index contributed by atoms with van der Waals surface area (Å²) < 4.78 is 28.1. The van der Waals surface area contributed by atoms with Crippen LogP contribution in [-0.2, 0) is 83.2 Å². The summed E-state index contributed by atoms with van der Waals surface area (Å²) in [5, 5.41) is 9.80. The summed E-state index contributed by atoms with van der Waals surface area (Å²) in [7, 11) is 5.61. The SMILES string of the molecule is CC(C)C[C@H]1C(=O)O[C@H](Cc2cccc(Cn3cc(SC(C)C)cn3)c2)C(=O)N(C)[C@@H](CC(C)C)C(=O)O[C@H](C)C(=O)N(C)[C@@H](CC(C)C)C(=O)O[C@H](Cc2ccc(Cn3cc(SC(C)C)cn3)cc2)C(=O)N(C)[C@@H](CC(C)C)C(=O)O[C@H](C)C(=O)N1C. The summed E-state index contributed by atoms with van der Waals surface area (Å²) in [4.78, 5) is 125. The lowest BCUT2D eigenvalue weighted by Crippen LogP contribution is -2.55. The zero-order chi connectivity index (χ0) is 65.4. The van der Waals surface area contributed by atoms with Crippen LogP contribution in [0.5, 0.6) is 0 Å². The third kappa shape index (κ3) is 21.2. The van der Waals surface area contributed by atoms with Gasteiger partial charge in [0, 0.05) is 73.7 Å². The van der Waals surface area contributed by atoms with E-state index in [4.69, 9.17) is 18.9 Å². The molecule has 4 amide bonds. The molecule has 2 aromatic heterocycles. The van der Waals surface area contributed by atoms with Gasteiger partial charge in [0.1, 0.15) is 24.2 Å². The molecule has 1 saturated heterocycles. The van der Waals surface area contributed by atoms with Crippen molar-refractivity contribution < 1.29 is 57.3 Å². The maximum Gasteiger partial charge on any atom is 0.329 e. The van der Waals surface area contributed by atoms with Crippen LogP contribution in [0.4, 0.5) is 0 Å². The van der Waals surface area contributed by atoms with Crippen molar-refractivity contribution in [1.29, 1.82) is 0 Å². The second-order valence-electron chi connectivity index (χ2n) is 25.5. The second kappa shape index (κ2) is 33.2. The van der Waals surface area contributed by atoms with Crippen LogP contribution in [-0.4, -0.2) is 174 Å². The smallest absolute Gasteiger partial charge is 0.329 e. The average Bonchev–Trinajstić information content (AvgIpc) is 1.79. The van der Waals surface area contributed by atoms with E-state index in [1.807, 2.05) is 126 Å². The molecule has 1 aliphatic heterocycles. The van der Waals surface area contributed by atoms with Gasteiger partial charge in [0.15, 0.2) is 24.4 Å². The topological polar surface area (TPSA) is 222 Å². The van der Waals surface area contributed by atoms with Crippen LogP contribution in [0.15, 0.2) is 83.1 Å². The molecule has 1 aliphatic rings. The van der Waals surface area contributed by atoms with Crippen LogP contribution in [0.25, 0.3) is 0 Å². The summed E-state index contributed by atoms with van der Waals surface area (Å²) in [6.07, 6.45) is 1.52. The standard InChI is InChI=1S/C66H96N8O12S2/c1-39(2)26-53-63(79)83-46(14)60(76)70(16)56(29-42(7)8)66(82)86-58(32-49-20-19-21-50(30-49)36-74-38-52(34-68-74)88-44(11)12)62(78)72(18)54(27-40(3)4)64(80)84-45(13)59(75)69(15)55(28-41(5)6)65(81)85-57(61(77)71(53)17)31-47-22-24-48(25-23-47)35-73-37-51(33-67-73)87-43(9)10/h19-25,30,33-34,37-46,53-58H,26-29,31-32,35-36H2,1-18H3/t45-,46-,53+,54+,55+,56+,57-,58-/m1/s1. The lowest BCUT2D eigenvalue weighted by molar-refractivity contribution is -0.176. The van der Waals surface area contributed by atoms with E-state index in [1.165, 1.54) is 51.8 Å². The van der Waals surface area contributed by atoms with E-state index < -0.39 is 96.1 Å². The number of likely N-dealkylation sites (N-methyl/N-ethyl adjacent to an activating group) is 4. The number of cyclic esters (lactones) is 4. The highest BCUT2D eigenvalue weighted by atomic mass is 32.2. The first-order valence-corrected chi connectivity index (χ1v) is 32.5. The molecule has 484 valence electrons. The number of carbonyl (C=O) groups is 8. The minimum absolute atomic E-state index is 0.0779. The average molecular weight is 1260 g/mol. The lowest BCUT2D eigenvalue weighted by Gasteiger charge is -2.35. The van der Waals surface area contributed by atoms with Gasteiger partial charge in [-0.05, 0) is 85.5 Å². The van der Waals surface area contributed by atoms with Crippen molar-refractivity contribution in [1.82, 2.24) is 39.2 Å². The molecule has 22 heteroatoms. The number of amides is 4. The molecule has 20 nitrogen and oxygen atoms in total. The molecule has 0 N–H and O–H groups in total. The first kappa shape index (κ1) is 72.1. The quantitative estimate of drug-likeness (QED) is 0.0457. The molecule has 3 heterocycles. The van der Waals surface area contributed by atoms with E-state index in [0.29, 0.717) is 34.7 Å². The Hall–Kier alpha value is -6.68. The molecule has 88 heavy (non-hydrogen) atoms. The van der Waals surface area contributed by atoms with Gasteiger partial charge in [-0.15, -0.1) is 23.5 Å². The summed E-state index contributed by atoms with van der Waals surface area (Å²) in [5.74, 6) is -7.45. The molecule has 4 aromatic rings. The summed E-state index contributed by atoms with van der Waals surface area (Å²) >= 11 is 3.39. The van der Waals surface area contributed by atoms with Gasteiger partial charge in [0.25, 0.3) is 23.6 Å². The number of rotatable bonds is 20. The van der Waals surface area contributed by atoms with Gasteiger partial charge in [-0.25, -0.2) is 19.2 Å². The van der Waals surface area contributed by atoms with Crippen molar-refractivity contribution in [3.63, 3.8) is 0 Å². The van der Waals surface area contributed by atoms with Gasteiger partial charge in [0.05, 0.1) is 25.5 Å². The lowest BCUT2D eigenvalue weighted by atomic mass is 9.99. The van der Waals surface area contributed by atoms with Gasteiger partial charge in [-0.3, -0.25) is 28.5 Å². The van der Waals surface area contributed by atoms with E-state index in [2.05, 4.69) is 37.9 Å². The number of hydrogen-bond acceptors (Lipinski definition) is 16. The second-order valence-corrected chi connectivity index (χ2v) is 28.8. The Kier molecular flexibility index (Phi) is 27.2. The Balaban J connectivity index is 1.58. The number of nitrogens with zero attached hydrogens (tertiary/aromatic N) is 8. The zero-order valence-electron chi connectivity index (χ0n) is 55.0. The fraction of sp³-hybridized carbons (Fsp3) is 0.606. The van der Waals surface area contributed by atoms with Gasteiger partial charge in [0.2, 0.25) is 0 Å². The molecule has 8 atom stereocenters. The number of benzene rings is 2. The van der Waals surface area contributed by atoms with Crippen molar-refractivity contribution in [2.75, 3.05) is 28.2 Å². The fourth-order valence-corrected chi connectivity index (χ4v) is 12.1. The number of carbonyl (C=O) groups excluding carboxylic acids is 8. The Morgan fingerprint density at radius 3 is 1.10 bits per heavy atom. The van der Waals surface area contributed by atoms with E-state index in [-0.39, 0.29) is 62.2 Å². The predicted molar refractivity (Wildman–Crippen MR) is 340 cm³/mol. The monoisotopic (exact) mass is 1260 g/mol. The molecular weight excluding hydrogens is 1160 g/mol. The van der Waals surface area contributed by atoms with E-state index in [0.717, 1.165) is 30.7 Å². The highest BCUT2D eigenvalue weighted by molar-refractivity contribution is 8.00. The Labute approximate surface area is 529 Å². The molecule has 2 aromatic carbocycles. The van der Waals surface area contributed by atoms with Crippen molar-refractivity contribution in [2.45, 2.75) is 217 Å². The zero-order valence-corrected chi connectivity index (χ0v) is 56.6. The van der Waals surface area contributed by atoms with Crippen LogP contribution in [0.2, 0.25) is 0 Å². The number of esters is 4. The van der Waals surface area contributed by atoms with Gasteiger partial charge in [-0.1, -0.05) is 132 Å². The molecule has 0 saturated carbocycles. The van der Waals surface area contributed by atoms with E-state index in [1.54, 1.807) is 35.8 Å². The van der Waals surface area contributed by atoms with Crippen molar-refractivity contribution >= 4 is 71.0 Å². The van der Waals surface area contributed by atoms with Crippen molar-refractivity contribution in [3.8, 4) is 0 Å². The number of hydrogen-bond donors (Lipinski definition) is 0. The van der Waals surface area contributed by atoms with Crippen LogP contribution in [0, 0.1) is 23.7 Å². The molecule has 0 unspecified atom stereocenters. The third-order valence-electron chi connectivity index (χ3n) is 15.0. The van der Waals surface area contributed by atoms with Crippen LogP contribution >= 0.6 is 23.5 Å². The Morgan fingerprint density at radius 1 is 0.420 bits per heavy atom. The minimum Gasteiger partial charge on any atom is -0.451 e. The first-order valence-electron chi connectivity index (χ1n) is 30.7. The third-order valence-corrected chi connectivity index (χ3v) is 16.9. The highest BCUT2D eigenvalue weighted by Gasteiger charge is 2.43. The maximum atomic E-state index is 15.2. The van der Waals surface area contributed by atoms with E-state index in [9.17, 15) is 28.8 Å². The number of ether oxygens (including phenoxy) is 4. The molecule has 5 rings (SSSR count). The van der Waals surface area contributed by atoms with Gasteiger partial charge < -0.3 is 38.5 Å². The molecule has 0 spiro atoms. The van der Waals surface area contributed by atoms with Gasteiger partial charge in [-0.2, -0.15) is 10.2 Å². The summed E-state index contributed by atoms with van der Waals surface area (Å²) in [5.41, 5.74) is 3.01. The minimum atomic E-state index is -1.55.